The second kappa shape index (κ2) is 5.15. The third kappa shape index (κ3) is 2.74. The Bertz CT molecular complexity index is 249. The van der Waals surface area contributed by atoms with E-state index in [-0.39, 0.29) is 12.0 Å². The molecular formula is C12H22N2O2. The molecule has 4 heteroatoms. The van der Waals surface area contributed by atoms with Crippen molar-refractivity contribution in [2.24, 2.45) is 11.8 Å². The number of nitrogens with zero attached hydrogens (tertiary/aromatic N) is 1. The Morgan fingerprint density at radius 1 is 1.31 bits per heavy atom. The zero-order valence-corrected chi connectivity index (χ0v) is 9.98. The molecule has 0 radical (unpaired) electrons. The van der Waals surface area contributed by atoms with E-state index in [0.717, 1.165) is 25.3 Å². The van der Waals surface area contributed by atoms with Crippen LogP contribution in [0.15, 0.2) is 0 Å². The molecule has 1 aliphatic heterocycles. The van der Waals surface area contributed by atoms with Gasteiger partial charge in [-0.05, 0) is 58.3 Å². The van der Waals surface area contributed by atoms with E-state index in [1.54, 1.807) is 0 Å². The molecule has 2 atom stereocenters. The Morgan fingerprint density at radius 2 is 2.00 bits per heavy atom. The fraction of sp³-hybridized carbons (Fsp3) is 0.917. The Hall–Kier alpha value is -0.610. The van der Waals surface area contributed by atoms with Crippen LogP contribution in [0.5, 0.6) is 0 Å². The second-order valence-electron chi connectivity index (χ2n) is 5.28. The summed E-state index contributed by atoms with van der Waals surface area (Å²) in [5.74, 6) is -0.0235. The first-order chi connectivity index (χ1) is 7.66. The summed E-state index contributed by atoms with van der Waals surface area (Å²) >= 11 is 0. The summed E-state index contributed by atoms with van der Waals surface area (Å²) in [6.07, 6.45) is 4.37. The van der Waals surface area contributed by atoms with Crippen molar-refractivity contribution in [3.63, 3.8) is 0 Å². The van der Waals surface area contributed by atoms with Crippen molar-refractivity contribution in [1.82, 2.24) is 10.2 Å². The summed E-state index contributed by atoms with van der Waals surface area (Å²) in [7, 11) is 2.16. The van der Waals surface area contributed by atoms with Crippen LogP contribution in [0.2, 0.25) is 0 Å². The van der Waals surface area contributed by atoms with Crippen LogP contribution in [0.25, 0.3) is 0 Å². The predicted molar refractivity (Wildman–Crippen MR) is 62.4 cm³/mol. The molecule has 0 amide bonds. The molecule has 4 nitrogen and oxygen atoms in total. The number of carboxylic acid groups (broad SMARTS) is 1. The van der Waals surface area contributed by atoms with Crippen LogP contribution in [0.3, 0.4) is 0 Å². The fourth-order valence-corrected chi connectivity index (χ4v) is 2.62. The monoisotopic (exact) mass is 226 g/mol. The average Bonchev–Trinajstić information content (AvgIpc) is 2.18. The predicted octanol–water partition coefficient (Wildman–Crippen LogP) is 0.781. The SMILES string of the molecule is CN1CCC(CNC2CCC2C(=O)O)CC1. The lowest BCUT2D eigenvalue weighted by Crippen LogP contribution is -2.49. The van der Waals surface area contributed by atoms with E-state index in [4.69, 9.17) is 5.11 Å². The van der Waals surface area contributed by atoms with E-state index in [1.807, 2.05) is 0 Å². The molecule has 16 heavy (non-hydrogen) atoms. The molecule has 92 valence electrons. The van der Waals surface area contributed by atoms with Crippen molar-refractivity contribution in [2.45, 2.75) is 31.7 Å². The highest BCUT2D eigenvalue weighted by atomic mass is 16.4. The number of hydrogen-bond acceptors (Lipinski definition) is 3. The van der Waals surface area contributed by atoms with E-state index in [9.17, 15) is 4.79 Å². The number of hydrogen-bond donors (Lipinski definition) is 2. The molecule has 0 aromatic rings. The van der Waals surface area contributed by atoms with E-state index in [1.165, 1.54) is 25.9 Å². The molecule has 1 heterocycles. The third-order valence-corrected chi connectivity index (χ3v) is 4.10. The number of carboxylic acids is 1. The van der Waals surface area contributed by atoms with Gasteiger partial charge in [-0.25, -0.2) is 0 Å². The molecule has 0 aromatic heterocycles. The van der Waals surface area contributed by atoms with Gasteiger partial charge in [0.2, 0.25) is 0 Å². The smallest absolute Gasteiger partial charge is 0.308 e. The first-order valence-electron chi connectivity index (χ1n) is 6.31. The second-order valence-corrected chi connectivity index (χ2v) is 5.28. The van der Waals surface area contributed by atoms with Crippen LogP contribution in [0.1, 0.15) is 25.7 Å². The Morgan fingerprint density at radius 3 is 2.50 bits per heavy atom. The first kappa shape index (κ1) is 11.9. The summed E-state index contributed by atoms with van der Waals surface area (Å²) in [5, 5.41) is 12.4. The normalized spacial score (nSPS) is 32.3. The molecule has 2 aliphatic rings. The third-order valence-electron chi connectivity index (χ3n) is 4.10. The highest BCUT2D eigenvalue weighted by Gasteiger charge is 2.36. The van der Waals surface area contributed by atoms with Crippen LogP contribution in [0.4, 0.5) is 0 Å². The molecule has 2 N–H and O–H groups in total. The minimum Gasteiger partial charge on any atom is -0.481 e. The molecule has 1 aliphatic carbocycles. The maximum absolute atomic E-state index is 10.8. The Labute approximate surface area is 97.0 Å². The van der Waals surface area contributed by atoms with Crippen LogP contribution < -0.4 is 5.32 Å². The topological polar surface area (TPSA) is 52.6 Å². The summed E-state index contributed by atoms with van der Waals surface area (Å²) in [4.78, 5) is 13.2. The lowest BCUT2D eigenvalue weighted by molar-refractivity contribution is -0.146. The highest BCUT2D eigenvalue weighted by Crippen LogP contribution is 2.28. The molecular weight excluding hydrogens is 204 g/mol. The van der Waals surface area contributed by atoms with Crippen molar-refractivity contribution in [2.75, 3.05) is 26.7 Å². The zero-order valence-electron chi connectivity index (χ0n) is 9.98. The van der Waals surface area contributed by atoms with Gasteiger partial charge in [-0.15, -0.1) is 0 Å². The van der Waals surface area contributed by atoms with Gasteiger partial charge in [-0.1, -0.05) is 0 Å². The van der Waals surface area contributed by atoms with Gasteiger partial charge in [0.25, 0.3) is 0 Å². The van der Waals surface area contributed by atoms with Crippen LogP contribution in [-0.2, 0) is 4.79 Å². The van der Waals surface area contributed by atoms with E-state index < -0.39 is 5.97 Å². The summed E-state index contributed by atoms with van der Waals surface area (Å²) in [6, 6.07) is 0.233. The van der Waals surface area contributed by atoms with Gasteiger partial charge < -0.3 is 15.3 Å². The Kier molecular flexibility index (Phi) is 3.82. The van der Waals surface area contributed by atoms with Gasteiger partial charge in [0.05, 0.1) is 5.92 Å². The average molecular weight is 226 g/mol. The maximum Gasteiger partial charge on any atom is 0.308 e. The summed E-state index contributed by atoms with van der Waals surface area (Å²) < 4.78 is 0. The van der Waals surface area contributed by atoms with Gasteiger partial charge >= 0.3 is 5.97 Å². The first-order valence-corrected chi connectivity index (χ1v) is 6.31. The van der Waals surface area contributed by atoms with E-state index >= 15 is 0 Å². The summed E-state index contributed by atoms with van der Waals surface area (Å²) in [6.45, 7) is 3.36. The van der Waals surface area contributed by atoms with Crippen molar-refractivity contribution >= 4 is 5.97 Å². The molecule has 0 bridgehead atoms. The molecule has 0 aromatic carbocycles. The van der Waals surface area contributed by atoms with Gasteiger partial charge in [-0.2, -0.15) is 0 Å². The fourth-order valence-electron chi connectivity index (χ4n) is 2.62. The van der Waals surface area contributed by atoms with Crippen molar-refractivity contribution in [1.29, 1.82) is 0 Å². The Balaban J connectivity index is 1.66. The molecule has 1 saturated heterocycles. The number of aliphatic carboxylic acids is 1. The largest absolute Gasteiger partial charge is 0.481 e. The van der Waals surface area contributed by atoms with Crippen molar-refractivity contribution in [3.8, 4) is 0 Å². The number of carbonyl (C=O) groups is 1. The molecule has 0 spiro atoms. The quantitative estimate of drug-likeness (QED) is 0.744. The maximum atomic E-state index is 10.8. The van der Waals surface area contributed by atoms with Crippen LogP contribution in [0, 0.1) is 11.8 Å². The van der Waals surface area contributed by atoms with Gasteiger partial charge in [0, 0.05) is 6.04 Å². The van der Waals surface area contributed by atoms with Crippen molar-refractivity contribution in [3.05, 3.63) is 0 Å². The number of rotatable bonds is 4. The zero-order chi connectivity index (χ0) is 11.5. The highest BCUT2D eigenvalue weighted by molar-refractivity contribution is 5.72. The standard InChI is InChI=1S/C12H22N2O2/c1-14-6-4-9(5-7-14)8-13-11-3-2-10(11)12(15)16/h9-11,13H,2-8H2,1H3,(H,15,16). The molecule has 1 saturated carbocycles. The lowest BCUT2D eigenvalue weighted by Gasteiger charge is -2.36. The number of likely N-dealkylation sites (tertiary alicyclic amines) is 1. The van der Waals surface area contributed by atoms with Crippen LogP contribution in [-0.4, -0.2) is 48.7 Å². The van der Waals surface area contributed by atoms with Crippen molar-refractivity contribution < 1.29 is 9.90 Å². The minimum absolute atomic E-state index is 0.133. The molecule has 2 rings (SSSR count). The van der Waals surface area contributed by atoms with E-state index in [2.05, 4.69) is 17.3 Å². The number of nitrogens with one attached hydrogen (secondary N) is 1. The molecule has 2 fully saturated rings. The minimum atomic E-state index is -0.632. The molecule has 2 unspecified atom stereocenters. The van der Waals surface area contributed by atoms with Gasteiger partial charge in [0.15, 0.2) is 0 Å². The van der Waals surface area contributed by atoms with Gasteiger partial charge in [-0.3, -0.25) is 4.79 Å². The summed E-state index contributed by atoms with van der Waals surface area (Å²) in [5.41, 5.74) is 0. The number of piperidine rings is 1. The van der Waals surface area contributed by atoms with Gasteiger partial charge in [0.1, 0.15) is 0 Å². The lowest BCUT2D eigenvalue weighted by atomic mass is 9.79. The van der Waals surface area contributed by atoms with Crippen LogP contribution >= 0.6 is 0 Å². The van der Waals surface area contributed by atoms with E-state index in [0.29, 0.717) is 0 Å².